The van der Waals surface area contributed by atoms with E-state index in [1.165, 1.54) is 11.2 Å². The Bertz CT molecular complexity index is 1700. The number of carbonyl (C=O) groups excluding carboxylic acids is 1. The molecule has 208 valence electrons. The van der Waals surface area contributed by atoms with Gasteiger partial charge in [-0.1, -0.05) is 48.0 Å². The molecule has 1 saturated heterocycles. The molecule has 0 radical (unpaired) electrons. The van der Waals surface area contributed by atoms with Crippen LogP contribution in [0.5, 0.6) is 23.0 Å². The minimum absolute atomic E-state index is 0.0466. The lowest BCUT2D eigenvalue weighted by Crippen LogP contribution is -2.36. The normalized spacial score (nSPS) is 15.6. The van der Waals surface area contributed by atoms with E-state index in [0.717, 1.165) is 5.56 Å². The molecule has 8 nitrogen and oxygen atoms in total. The third-order valence-corrected chi connectivity index (χ3v) is 8.45. The van der Waals surface area contributed by atoms with Crippen molar-refractivity contribution in [3.05, 3.63) is 119 Å². The number of rotatable bonds is 9. The molecular weight excluding hydrogens is 562 g/mol. The molecule has 2 atom stereocenters. The molecule has 1 aliphatic heterocycles. The van der Waals surface area contributed by atoms with Crippen molar-refractivity contribution in [2.75, 3.05) is 19.3 Å². The van der Waals surface area contributed by atoms with Gasteiger partial charge in [-0.3, -0.25) is 0 Å². The van der Waals surface area contributed by atoms with Crippen LogP contribution in [-0.4, -0.2) is 38.7 Å². The van der Waals surface area contributed by atoms with Crippen molar-refractivity contribution >= 4 is 27.5 Å². The second-order valence-electron chi connectivity index (χ2n) is 9.58. The maximum Gasteiger partial charge on any atom is 0.318 e. The smallest absolute Gasteiger partial charge is 0.318 e. The molecule has 1 fully saturated rings. The van der Waals surface area contributed by atoms with Crippen molar-refractivity contribution in [3.63, 3.8) is 0 Å². The lowest BCUT2D eigenvalue weighted by atomic mass is 10.0. The number of amides is 2. The molecule has 1 aliphatic rings. The highest BCUT2D eigenvalue weighted by Gasteiger charge is 2.36. The summed E-state index contributed by atoms with van der Waals surface area (Å²) in [7, 11) is -3.60. The number of urea groups is 1. The van der Waals surface area contributed by atoms with Crippen molar-refractivity contribution in [2.45, 2.75) is 11.3 Å². The summed E-state index contributed by atoms with van der Waals surface area (Å²) in [5, 5.41) is 11.8. The molecule has 4 aromatic rings. The van der Waals surface area contributed by atoms with Crippen molar-refractivity contribution in [3.8, 4) is 29.1 Å². The number of nitrogens with zero attached hydrogens (tertiary/aromatic N) is 2. The number of hydrogen-bond acceptors (Lipinski definition) is 6. The molecule has 1 N–H and O–H groups in total. The third kappa shape index (κ3) is 6.62. The summed E-state index contributed by atoms with van der Waals surface area (Å²) >= 11 is 5.93. The van der Waals surface area contributed by atoms with Crippen LogP contribution in [0.2, 0.25) is 5.02 Å². The van der Waals surface area contributed by atoms with Crippen molar-refractivity contribution < 1.29 is 22.7 Å². The number of halogens is 1. The Morgan fingerprint density at radius 3 is 2.32 bits per heavy atom. The molecule has 41 heavy (non-hydrogen) atoms. The van der Waals surface area contributed by atoms with E-state index in [9.17, 15) is 18.5 Å². The van der Waals surface area contributed by atoms with Crippen LogP contribution in [0.15, 0.2) is 97.1 Å². The maximum atomic E-state index is 12.9. The topological polar surface area (TPSA) is 109 Å². The van der Waals surface area contributed by atoms with Gasteiger partial charge >= 0.3 is 6.03 Å². The van der Waals surface area contributed by atoms with Crippen molar-refractivity contribution in [1.29, 1.82) is 5.26 Å². The van der Waals surface area contributed by atoms with Gasteiger partial charge < -0.3 is 19.7 Å². The van der Waals surface area contributed by atoms with Gasteiger partial charge in [-0.2, -0.15) is 5.26 Å². The summed E-state index contributed by atoms with van der Waals surface area (Å²) < 4.78 is 37.7. The minimum Gasteiger partial charge on any atom is -0.457 e. The Kier molecular flexibility index (Phi) is 8.15. The Balaban J connectivity index is 1.36. The van der Waals surface area contributed by atoms with Crippen LogP contribution >= 0.6 is 11.6 Å². The summed E-state index contributed by atoms with van der Waals surface area (Å²) in [4.78, 5) is 14.4. The maximum absolute atomic E-state index is 12.9. The van der Waals surface area contributed by atoms with E-state index in [0.29, 0.717) is 45.7 Å². The van der Waals surface area contributed by atoms with Crippen LogP contribution in [0.4, 0.5) is 4.79 Å². The lowest BCUT2D eigenvalue weighted by molar-refractivity contribution is 0.204. The predicted molar refractivity (Wildman–Crippen MR) is 156 cm³/mol. The standard InChI is InChI=1S/C31H26ClN3O5S/c1-41(37,38)30(21-9-13-25(14-10-21)39-26-15-11-24(32)12-16-26)20-35-28(19-34-31(35)36)22-6-4-7-27(17-22)40-29-8-3-2-5-23(29)18-33/h2-17,28,30H,19-20H2,1H3,(H,34,36). The zero-order valence-corrected chi connectivity index (χ0v) is 23.6. The van der Waals surface area contributed by atoms with E-state index in [2.05, 4.69) is 11.4 Å². The summed E-state index contributed by atoms with van der Waals surface area (Å²) in [6, 6.07) is 29.2. The highest BCUT2D eigenvalue weighted by atomic mass is 35.5. The molecule has 4 aromatic carbocycles. The van der Waals surface area contributed by atoms with Crippen LogP contribution in [0, 0.1) is 11.3 Å². The highest BCUT2D eigenvalue weighted by Crippen LogP contribution is 2.34. The monoisotopic (exact) mass is 587 g/mol. The first kappa shape index (κ1) is 28.0. The molecule has 2 amide bonds. The Labute approximate surface area is 243 Å². The van der Waals surface area contributed by atoms with Crippen LogP contribution in [0.1, 0.15) is 28.0 Å². The number of hydrogen-bond donors (Lipinski definition) is 1. The molecular formula is C31H26ClN3O5S. The van der Waals surface area contributed by atoms with E-state index < -0.39 is 21.1 Å². The summed E-state index contributed by atoms with van der Waals surface area (Å²) in [6.45, 7) is 0.260. The van der Waals surface area contributed by atoms with E-state index >= 15 is 0 Å². The number of benzene rings is 4. The summed E-state index contributed by atoms with van der Waals surface area (Å²) in [5.74, 6) is 2.06. The average Bonchev–Trinajstić information content (AvgIpc) is 3.33. The second kappa shape index (κ2) is 11.9. The van der Waals surface area contributed by atoms with Gasteiger partial charge in [0, 0.05) is 24.4 Å². The second-order valence-corrected chi connectivity index (χ2v) is 12.2. The fourth-order valence-corrected chi connectivity index (χ4v) is 5.87. The largest absolute Gasteiger partial charge is 0.457 e. The van der Waals surface area contributed by atoms with Crippen molar-refractivity contribution in [2.24, 2.45) is 0 Å². The fourth-order valence-electron chi connectivity index (χ4n) is 4.66. The quantitative estimate of drug-likeness (QED) is 0.235. The summed E-state index contributed by atoms with van der Waals surface area (Å²) in [5.41, 5.74) is 1.71. The molecule has 0 bridgehead atoms. The van der Waals surface area contributed by atoms with Gasteiger partial charge in [-0.25, -0.2) is 13.2 Å². The number of nitriles is 1. The number of sulfone groups is 1. The number of nitrogens with one attached hydrogen (secondary N) is 1. The molecule has 2 unspecified atom stereocenters. The Morgan fingerprint density at radius 1 is 0.951 bits per heavy atom. The Hall–Kier alpha value is -4.52. The fraction of sp³-hybridized carbons (Fsp3) is 0.161. The van der Waals surface area contributed by atoms with Crippen LogP contribution in [0.3, 0.4) is 0 Å². The van der Waals surface area contributed by atoms with E-state index in [1.807, 2.05) is 6.07 Å². The highest BCUT2D eigenvalue weighted by molar-refractivity contribution is 7.91. The SMILES string of the molecule is CS(=O)(=O)C(CN1C(=O)NCC1c1cccc(Oc2ccccc2C#N)c1)c1ccc(Oc2ccc(Cl)cc2)cc1. The zero-order chi connectivity index (χ0) is 29.0. The van der Waals surface area contributed by atoms with E-state index in [-0.39, 0.29) is 12.6 Å². The van der Waals surface area contributed by atoms with Gasteiger partial charge in [-0.15, -0.1) is 0 Å². The molecule has 10 heteroatoms. The lowest BCUT2D eigenvalue weighted by Gasteiger charge is -2.28. The van der Waals surface area contributed by atoms with Crippen LogP contribution in [0.25, 0.3) is 0 Å². The third-order valence-electron chi connectivity index (χ3n) is 6.74. The van der Waals surface area contributed by atoms with Gasteiger partial charge in [0.1, 0.15) is 34.3 Å². The van der Waals surface area contributed by atoms with Gasteiger partial charge in [0.05, 0.1) is 11.6 Å². The van der Waals surface area contributed by atoms with Crippen LogP contribution < -0.4 is 14.8 Å². The first-order valence-electron chi connectivity index (χ1n) is 12.7. The van der Waals surface area contributed by atoms with E-state index in [1.54, 1.807) is 91.0 Å². The average molecular weight is 588 g/mol. The minimum atomic E-state index is -3.60. The molecule has 5 rings (SSSR count). The molecule has 0 saturated carbocycles. The first-order chi connectivity index (χ1) is 19.7. The van der Waals surface area contributed by atoms with Gasteiger partial charge in [0.2, 0.25) is 0 Å². The predicted octanol–water partition coefficient (Wildman–Crippen LogP) is 6.65. The molecule has 0 spiro atoms. The first-order valence-corrected chi connectivity index (χ1v) is 15.1. The number of carbonyl (C=O) groups is 1. The number of ether oxygens (including phenoxy) is 2. The van der Waals surface area contributed by atoms with Gasteiger partial charge in [-0.05, 0) is 71.8 Å². The van der Waals surface area contributed by atoms with Crippen LogP contribution in [-0.2, 0) is 9.84 Å². The van der Waals surface area contributed by atoms with Crippen molar-refractivity contribution in [1.82, 2.24) is 10.2 Å². The van der Waals surface area contributed by atoms with Gasteiger partial charge in [0.25, 0.3) is 0 Å². The summed E-state index contributed by atoms with van der Waals surface area (Å²) in [6.07, 6.45) is 1.17. The van der Waals surface area contributed by atoms with Gasteiger partial charge in [0.15, 0.2) is 9.84 Å². The van der Waals surface area contributed by atoms with E-state index in [4.69, 9.17) is 21.1 Å². The zero-order valence-electron chi connectivity index (χ0n) is 22.0. The molecule has 0 aromatic heterocycles. The number of para-hydroxylation sites is 1. The Morgan fingerprint density at radius 2 is 1.63 bits per heavy atom. The molecule has 0 aliphatic carbocycles. The molecule has 1 heterocycles.